The molecule has 1 rings (SSSR count). The maximum atomic E-state index is 12.0. The minimum Gasteiger partial charge on any atom is -0.208 e. The Bertz CT molecular complexity index is 485. The summed E-state index contributed by atoms with van der Waals surface area (Å²) in [5, 5.41) is 0.576. The van der Waals surface area contributed by atoms with E-state index in [9.17, 15) is 8.42 Å². The van der Waals surface area contributed by atoms with E-state index in [1.54, 1.807) is 6.92 Å². The molecule has 7 heteroatoms. The monoisotopic (exact) mass is 329 g/mol. The molecule has 0 fully saturated rings. The quantitative estimate of drug-likeness (QED) is 0.809. The van der Waals surface area contributed by atoms with Crippen LogP contribution in [0, 0.1) is 0 Å². The molecule has 0 spiro atoms. The third-order valence-corrected chi connectivity index (χ3v) is 4.55. The molecule has 1 N–H and O–H groups in total. The first kappa shape index (κ1) is 16.1. The van der Waals surface area contributed by atoms with E-state index in [1.165, 1.54) is 18.2 Å². The summed E-state index contributed by atoms with van der Waals surface area (Å²) in [6.07, 6.45) is 1.43. The number of halogens is 3. The molecule has 102 valence electrons. The fraction of sp³-hybridized carbons (Fsp3) is 0.455. The highest BCUT2D eigenvalue weighted by Crippen LogP contribution is 2.22. The zero-order valence-corrected chi connectivity index (χ0v) is 12.9. The number of sulfonamides is 1. The second-order valence-electron chi connectivity index (χ2n) is 3.96. The number of rotatable bonds is 6. The van der Waals surface area contributed by atoms with Crippen LogP contribution in [-0.2, 0) is 10.0 Å². The Labute approximate surface area is 122 Å². The summed E-state index contributed by atoms with van der Waals surface area (Å²) in [7, 11) is -3.60. The smallest absolute Gasteiger partial charge is 0.208 e. The van der Waals surface area contributed by atoms with Crippen LogP contribution in [0.1, 0.15) is 19.8 Å². The van der Waals surface area contributed by atoms with Crippen molar-refractivity contribution in [1.29, 1.82) is 0 Å². The second kappa shape index (κ2) is 6.96. The van der Waals surface area contributed by atoms with Crippen molar-refractivity contribution in [3.63, 3.8) is 0 Å². The van der Waals surface area contributed by atoms with Gasteiger partial charge in [-0.2, -0.15) is 0 Å². The van der Waals surface area contributed by atoms with Crippen molar-refractivity contribution in [3.05, 3.63) is 28.2 Å². The topological polar surface area (TPSA) is 46.2 Å². The molecule has 1 aromatic rings. The van der Waals surface area contributed by atoms with Crippen LogP contribution in [-0.4, -0.2) is 20.3 Å². The van der Waals surface area contributed by atoms with Crippen LogP contribution < -0.4 is 4.72 Å². The van der Waals surface area contributed by atoms with Gasteiger partial charge >= 0.3 is 0 Å². The van der Waals surface area contributed by atoms with Crippen molar-refractivity contribution in [2.24, 2.45) is 0 Å². The third kappa shape index (κ3) is 4.94. The molecule has 0 heterocycles. The number of alkyl halides is 1. The Hall–Kier alpha value is -0.000000000000000111. The molecule has 18 heavy (non-hydrogen) atoms. The summed E-state index contributed by atoms with van der Waals surface area (Å²) < 4.78 is 26.7. The standard InChI is InChI=1S/C11H14Cl3NO2S/c1-8(3-2-4-12)15-18(16,17)11-6-9(13)5-10(14)7-11/h5-8,15H,2-4H2,1H3. The summed E-state index contributed by atoms with van der Waals surface area (Å²) in [6.45, 7) is 1.79. The summed E-state index contributed by atoms with van der Waals surface area (Å²) in [5.41, 5.74) is 0. The molecule has 0 bridgehead atoms. The van der Waals surface area contributed by atoms with Gasteiger partial charge in [-0.15, -0.1) is 11.6 Å². The van der Waals surface area contributed by atoms with Crippen LogP contribution in [0.25, 0.3) is 0 Å². The normalized spacial score (nSPS) is 13.6. The second-order valence-corrected chi connectivity index (χ2v) is 6.92. The Morgan fingerprint density at radius 2 is 1.78 bits per heavy atom. The van der Waals surface area contributed by atoms with Gasteiger partial charge in [0.2, 0.25) is 10.0 Å². The Kier molecular flexibility index (Phi) is 6.21. The highest BCUT2D eigenvalue weighted by atomic mass is 35.5. The first-order chi connectivity index (χ1) is 8.35. The molecular weight excluding hydrogens is 317 g/mol. The molecule has 3 nitrogen and oxygen atoms in total. The molecule has 1 atom stereocenters. The number of hydrogen-bond donors (Lipinski definition) is 1. The molecule has 0 aliphatic carbocycles. The largest absolute Gasteiger partial charge is 0.240 e. The van der Waals surface area contributed by atoms with Crippen molar-refractivity contribution in [2.75, 3.05) is 5.88 Å². The van der Waals surface area contributed by atoms with Crippen LogP contribution in [0.4, 0.5) is 0 Å². The maximum Gasteiger partial charge on any atom is 0.240 e. The van der Waals surface area contributed by atoms with Crippen LogP contribution in [0.5, 0.6) is 0 Å². The fourth-order valence-electron chi connectivity index (χ4n) is 1.46. The average molecular weight is 331 g/mol. The SMILES string of the molecule is CC(CCCCl)NS(=O)(=O)c1cc(Cl)cc(Cl)c1. The molecule has 0 aliphatic rings. The minimum atomic E-state index is -3.60. The van der Waals surface area contributed by atoms with Crippen LogP contribution in [0.2, 0.25) is 10.0 Å². The lowest BCUT2D eigenvalue weighted by molar-refractivity contribution is 0.544. The van der Waals surface area contributed by atoms with Crippen molar-refractivity contribution < 1.29 is 8.42 Å². The van der Waals surface area contributed by atoms with Gasteiger partial charge in [-0.3, -0.25) is 0 Å². The molecule has 0 saturated heterocycles. The third-order valence-electron chi connectivity index (χ3n) is 2.27. The van der Waals surface area contributed by atoms with E-state index in [0.717, 1.165) is 6.42 Å². The lowest BCUT2D eigenvalue weighted by Gasteiger charge is -2.14. The van der Waals surface area contributed by atoms with E-state index < -0.39 is 10.0 Å². The molecule has 1 aromatic carbocycles. The van der Waals surface area contributed by atoms with Gasteiger partial charge in [0.05, 0.1) is 4.90 Å². The number of hydrogen-bond acceptors (Lipinski definition) is 2. The fourth-order valence-corrected chi connectivity index (χ4v) is 3.62. The number of nitrogens with one attached hydrogen (secondary N) is 1. The van der Waals surface area contributed by atoms with E-state index in [4.69, 9.17) is 34.8 Å². The Morgan fingerprint density at radius 1 is 1.22 bits per heavy atom. The van der Waals surface area contributed by atoms with E-state index in [0.29, 0.717) is 12.3 Å². The summed E-state index contributed by atoms with van der Waals surface area (Å²) in [4.78, 5) is 0.0673. The van der Waals surface area contributed by atoms with E-state index >= 15 is 0 Å². The summed E-state index contributed by atoms with van der Waals surface area (Å²) in [6, 6.07) is 4.03. The van der Waals surface area contributed by atoms with E-state index in [1.807, 2.05) is 0 Å². The zero-order chi connectivity index (χ0) is 13.8. The average Bonchev–Trinajstić information content (AvgIpc) is 2.24. The molecule has 0 saturated carbocycles. The van der Waals surface area contributed by atoms with Crippen molar-refractivity contribution >= 4 is 44.8 Å². The van der Waals surface area contributed by atoms with Crippen LogP contribution in [0.3, 0.4) is 0 Å². The molecule has 1 unspecified atom stereocenters. The van der Waals surface area contributed by atoms with Crippen molar-refractivity contribution in [1.82, 2.24) is 4.72 Å². The summed E-state index contributed by atoms with van der Waals surface area (Å²) >= 11 is 17.1. The van der Waals surface area contributed by atoms with Gasteiger partial charge in [-0.05, 0) is 38.0 Å². The first-order valence-corrected chi connectivity index (χ1v) is 8.17. The Balaban J connectivity index is 2.86. The van der Waals surface area contributed by atoms with Crippen molar-refractivity contribution in [3.8, 4) is 0 Å². The predicted octanol–water partition coefficient (Wildman–Crippen LogP) is 3.68. The summed E-state index contributed by atoms with van der Waals surface area (Å²) in [5.74, 6) is 0.509. The molecule has 0 radical (unpaired) electrons. The molecule has 0 aromatic heterocycles. The molecule has 0 amide bonds. The van der Waals surface area contributed by atoms with Gasteiger partial charge in [-0.1, -0.05) is 23.2 Å². The van der Waals surface area contributed by atoms with Gasteiger partial charge in [0, 0.05) is 22.0 Å². The predicted molar refractivity (Wildman–Crippen MR) is 76.2 cm³/mol. The van der Waals surface area contributed by atoms with E-state index in [2.05, 4.69) is 4.72 Å². The zero-order valence-electron chi connectivity index (χ0n) is 9.79. The van der Waals surface area contributed by atoms with E-state index in [-0.39, 0.29) is 21.0 Å². The van der Waals surface area contributed by atoms with Gasteiger partial charge in [-0.25, -0.2) is 13.1 Å². The van der Waals surface area contributed by atoms with Gasteiger partial charge in [0.1, 0.15) is 0 Å². The minimum absolute atomic E-state index is 0.0673. The van der Waals surface area contributed by atoms with Crippen molar-refractivity contribution in [2.45, 2.75) is 30.7 Å². The number of benzene rings is 1. The lowest BCUT2D eigenvalue weighted by atomic mass is 10.2. The van der Waals surface area contributed by atoms with Gasteiger partial charge in [0.25, 0.3) is 0 Å². The highest BCUT2D eigenvalue weighted by Gasteiger charge is 2.18. The van der Waals surface area contributed by atoms with Gasteiger partial charge in [0.15, 0.2) is 0 Å². The van der Waals surface area contributed by atoms with Crippen LogP contribution in [0.15, 0.2) is 23.1 Å². The molecule has 0 aliphatic heterocycles. The van der Waals surface area contributed by atoms with Gasteiger partial charge < -0.3 is 0 Å². The molecular formula is C11H14Cl3NO2S. The van der Waals surface area contributed by atoms with Crippen LogP contribution >= 0.6 is 34.8 Å². The highest BCUT2D eigenvalue weighted by molar-refractivity contribution is 7.89. The Morgan fingerprint density at radius 3 is 2.28 bits per heavy atom. The maximum absolute atomic E-state index is 12.0. The first-order valence-electron chi connectivity index (χ1n) is 5.39. The lowest BCUT2D eigenvalue weighted by Crippen LogP contribution is -2.32.